The van der Waals surface area contributed by atoms with Crippen molar-refractivity contribution in [1.82, 2.24) is 0 Å². The maximum Gasteiger partial charge on any atom is 0.389 e. The van der Waals surface area contributed by atoms with E-state index < -0.39 is 24.2 Å². The van der Waals surface area contributed by atoms with Gasteiger partial charge in [-0.3, -0.25) is 0 Å². The smallest absolute Gasteiger partial charge is 0.389 e. The van der Waals surface area contributed by atoms with Crippen LogP contribution in [0.1, 0.15) is 19.3 Å². The Balaban J connectivity index is 2.40. The van der Waals surface area contributed by atoms with E-state index in [0.717, 1.165) is 6.07 Å². The second kappa shape index (κ2) is 5.88. The Labute approximate surface area is 101 Å². The number of hydrogen-bond donors (Lipinski definition) is 2. The highest BCUT2D eigenvalue weighted by Gasteiger charge is 2.25. The second-order valence-corrected chi connectivity index (χ2v) is 3.85. The van der Waals surface area contributed by atoms with Crippen molar-refractivity contribution in [2.75, 3.05) is 17.6 Å². The average Bonchev–Trinajstić information content (AvgIpc) is 2.22. The van der Waals surface area contributed by atoms with Gasteiger partial charge in [-0.05, 0) is 18.9 Å². The minimum Gasteiger partial charge on any atom is -0.395 e. The molecule has 0 aromatic heterocycles. The SMILES string of the molecule is Nc1c(F)cc(F)cc1NCCCCC(F)(F)F. The van der Waals surface area contributed by atoms with Crippen LogP contribution in [0.4, 0.5) is 33.3 Å². The molecular weight excluding hydrogens is 255 g/mol. The average molecular weight is 268 g/mol. The zero-order valence-electron chi connectivity index (χ0n) is 9.45. The molecular formula is C11H13F5N2. The largest absolute Gasteiger partial charge is 0.395 e. The van der Waals surface area contributed by atoms with E-state index in [9.17, 15) is 22.0 Å². The van der Waals surface area contributed by atoms with Crippen LogP contribution in [0.15, 0.2) is 12.1 Å². The standard InChI is InChI=1S/C11H13F5N2/c12-7-5-8(13)10(17)9(6-7)18-4-2-1-3-11(14,15)16/h5-6,18H,1-4,17H2. The van der Waals surface area contributed by atoms with Gasteiger partial charge in [0, 0.05) is 19.0 Å². The van der Waals surface area contributed by atoms with Crippen molar-refractivity contribution in [3.63, 3.8) is 0 Å². The van der Waals surface area contributed by atoms with Gasteiger partial charge in [-0.1, -0.05) is 0 Å². The molecule has 7 heteroatoms. The molecule has 1 aromatic rings. The predicted molar refractivity (Wildman–Crippen MR) is 59.2 cm³/mol. The van der Waals surface area contributed by atoms with Crippen LogP contribution >= 0.6 is 0 Å². The molecule has 3 N–H and O–H groups in total. The predicted octanol–water partition coefficient (Wildman–Crippen LogP) is 3.69. The van der Waals surface area contributed by atoms with Crippen LogP contribution in [0.3, 0.4) is 0 Å². The van der Waals surface area contributed by atoms with Gasteiger partial charge in [0.25, 0.3) is 0 Å². The van der Waals surface area contributed by atoms with Gasteiger partial charge in [0.1, 0.15) is 5.82 Å². The Bertz CT molecular complexity index is 403. The first-order chi connectivity index (χ1) is 8.29. The van der Waals surface area contributed by atoms with Crippen molar-refractivity contribution < 1.29 is 22.0 Å². The molecule has 0 spiro atoms. The molecule has 1 aromatic carbocycles. The lowest BCUT2D eigenvalue weighted by molar-refractivity contribution is -0.135. The van der Waals surface area contributed by atoms with E-state index in [0.29, 0.717) is 6.07 Å². The lowest BCUT2D eigenvalue weighted by atomic mass is 10.2. The minimum absolute atomic E-state index is 0.0474. The van der Waals surface area contributed by atoms with E-state index in [-0.39, 0.29) is 30.8 Å². The molecule has 0 aliphatic heterocycles. The summed E-state index contributed by atoms with van der Waals surface area (Å²) >= 11 is 0. The fraction of sp³-hybridized carbons (Fsp3) is 0.455. The molecule has 0 saturated carbocycles. The number of benzene rings is 1. The highest BCUT2D eigenvalue weighted by atomic mass is 19.4. The lowest BCUT2D eigenvalue weighted by Gasteiger charge is -2.10. The van der Waals surface area contributed by atoms with Crippen LogP contribution in [0.5, 0.6) is 0 Å². The summed E-state index contributed by atoms with van der Waals surface area (Å²) in [4.78, 5) is 0. The van der Waals surface area contributed by atoms with Gasteiger partial charge in [-0.15, -0.1) is 0 Å². The van der Waals surface area contributed by atoms with Crippen molar-refractivity contribution in [3.8, 4) is 0 Å². The summed E-state index contributed by atoms with van der Waals surface area (Å²) in [7, 11) is 0. The Morgan fingerprint density at radius 2 is 1.78 bits per heavy atom. The first kappa shape index (κ1) is 14.5. The van der Waals surface area contributed by atoms with Gasteiger partial charge in [0.05, 0.1) is 11.4 Å². The Hall–Kier alpha value is -1.53. The van der Waals surface area contributed by atoms with Crippen LogP contribution in [0, 0.1) is 11.6 Å². The first-order valence-corrected chi connectivity index (χ1v) is 5.35. The fourth-order valence-electron chi connectivity index (χ4n) is 1.40. The second-order valence-electron chi connectivity index (χ2n) is 3.85. The normalized spacial score (nSPS) is 11.6. The zero-order valence-corrected chi connectivity index (χ0v) is 9.45. The summed E-state index contributed by atoms with van der Waals surface area (Å²) in [5.41, 5.74) is 5.16. The molecule has 0 unspecified atom stereocenters. The van der Waals surface area contributed by atoms with Gasteiger partial charge in [-0.2, -0.15) is 13.2 Å². The quantitative estimate of drug-likeness (QED) is 0.485. The number of hydrogen-bond acceptors (Lipinski definition) is 2. The molecule has 0 aliphatic carbocycles. The first-order valence-electron chi connectivity index (χ1n) is 5.35. The maximum absolute atomic E-state index is 13.0. The van der Waals surface area contributed by atoms with Crippen molar-refractivity contribution in [1.29, 1.82) is 0 Å². The lowest BCUT2D eigenvalue weighted by Crippen LogP contribution is -2.10. The summed E-state index contributed by atoms with van der Waals surface area (Å²) in [5, 5.41) is 2.61. The van der Waals surface area contributed by atoms with Crippen LogP contribution in [-0.4, -0.2) is 12.7 Å². The topological polar surface area (TPSA) is 38.0 Å². The van der Waals surface area contributed by atoms with Crippen molar-refractivity contribution in [3.05, 3.63) is 23.8 Å². The van der Waals surface area contributed by atoms with Gasteiger partial charge in [0.2, 0.25) is 0 Å². The third kappa shape index (κ3) is 4.77. The van der Waals surface area contributed by atoms with E-state index in [1.165, 1.54) is 0 Å². The van der Waals surface area contributed by atoms with Crippen molar-refractivity contribution in [2.24, 2.45) is 0 Å². The molecule has 0 atom stereocenters. The summed E-state index contributed by atoms with van der Waals surface area (Å²) in [6, 6.07) is 1.65. The van der Waals surface area contributed by atoms with Crippen molar-refractivity contribution >= 4 is 11.4 Å². The van der Waals surface area contributed by atoms with Gasteiger partial charge in [0.15, 0.2) is 5.82 Å². The molecule has 0 bridgehead atoms. The summed E-state index contributed by atoms with van der Waals surface area (Å²) < 4.78 is 61.4. The number of rotatable bonds is 5. The maximum atomic E-state index is 13.0. The monoisotopic (exact) mass is 268 g/mol. The van der Waals surface area contributed by atoms with Crippen LogP contribution < -0.4 is 11.1 Å². The summed E-state index contributed by atoms with van der Waals surface area (Å²) in [5.74, 6) is -1.69. The van der Waals surface area contributed by atoms with E-state index in [2.05, 4.69) is 5.32 Å². The van der Waals surface area contributed by atoms with Crippen LogP contribution in [0.2, 0.25) is 0 Å². The van der Waals surface area contributed by atoms with Gasteiger partial charge >= 0.3 is 6.18 Å². The van der Waals surface area contributed by atoms with E-state index >= 15 is 0 Å². The van der Waals surface area contributed by atoms with Gasteiger partial charge in [-0.25, -0.2) is 8.78 Å². The van der Waals surface area contributed by atoms with Crippen LogP contribution in [0.25, 0.3) is 0 Å². The Morgan fingerprint density at radius 1 is 1.11 bits per heavy atom. The third-order valence-corrected chi connectivity index (χ3v) is 2.30. The molecule has 0 fully saturated rings. The molecule has 0 aliphatic rings. The Morgan fingerprint density at radius 3 is 2.39 bits per heavy atom. The number of halogens is 5. The molecule has 0 saturated heterocycles. The molecule has 102 valence electrons. The third-order valence-electron chi connectivity index (χ3n) is 2.30. The van der Waals surface area contributed by atoms with Crippen LogP contribution in [-0.2, 0) is 0 Å². The van der Waals surface area contributed by atoms with E-state index in [1.54, 1.807) is 0 Å². The van der Waals surface area contributed by atoms with Crippen molar-refractivity contribution in [2.45, 2.75) is 25.4 Å². The highest BCUT2D eigenvalue weighted by molar-refractivity contribution is 5.66. The zero-order chi connectivity index (χ0) is 13.8. The van der Waals surface area contributed by atoms with E-state index in [4.69, 9.17) is 5.73 Å². The number of unbranched alkanes of at least 4 members (excludes halogenated alkanes) is 1. The highest BCUT2D eigenvalue weighted by Crippen LogP contribution is 2.24. The molecule has 1 rings (SSSR count). The molecule has 2 nitrogen and oxygen atoms in total. The number of nitrogens with one attached hydrogen (secondary N) is 1. The number of nitrogens with two attached hydrogens (primary N) is 1. The number of nitrogen functional groups attached to an aromatic ring is 1. The van der Waals surface area contributed by atoms with E-state index in [1.807, 2.05) is 0 Å². The minimum atomic E-state index is -4.18. The fourth-order valence-corrected chi connectivity index (χ4v) is 1.40. The summed E-state index contributed by atoms with van der Waals surface area (Å²) in [6.45, 7) is 0.170. The molecule has 18 heavy (non-hydrogen) atoms. The Kier molecular flexibility index (Phi) is 4.75. The number of alkyl halides is 3. The molecule has 0 heterocycles. The molecule has 0 radical (unpaired) electrons. The van der Waals surface area contributed by atoms with Gasteiger partial charge < -0.3 is 11.1 Å². The number of anilines is 2. The summed E-state index contributed by atoms with van der Waals surface area (Å²) in [6.07, 6.45) is -4.86. The molecule has 0 amide bonds.